The van der Waals surface area contributed by atoms with Gasteiger partial charge in [-0.3, -0.25) is 9.88 Å². The number of pyridine rings is 1. The van der Waals surface area contributed by atoms with Crippen LogP contribution in [-0.2, 0) is 14.0 Å². The molecule has 0 aromatic carbocycles. The Balaban J connectivity index is 1.49. The first-order valence-electron chi connectivity index (χ1n) is 10.9. The maximum atomic E-state index is 12.6. The van der Waals surface area contributed by atoms with E-state index in [4.69, 9.17) is 19.0 Å². The second-order valence-corrected chi connectivity index (χ2v) is 10.6. The first-order valence-corrected chi connectivity index (χ1v) is 10.9. The van der Waals surface area contributed by atoms with Gasteiger partial charge in [0, 0.05) is 17.7 Å². The number of nitrogens with zero attached hydrogens (tertiary/aromatic N) is 2. The molecule has 0 aliphatic carbocycles. The summed E-state index contributed by atoms with van der Waals surface area (Å²) in [7, 11) is -0.407. The molecule has 2 fully saturated rings. The monoisotopic (exact) mass is 412 g/mol. The van der Waals surface area contributed by atoms with Gasteiger partial charge in [-0.2, -0.15) is 0 Å². The molecule has 0 N–H and O–H groups in total. The lowest BCUT2D eigenvalue weighted by Gasteiger charge is -2.35. The van der Waals surface area contributed by atoms with Crippen molar-refractivity contribution in [2.45, 2.75) is 96.6 Å². The van der Waals surface area contributed by atoms with Crippen molar-refractivity contribution in [3.63, 3.8) is 0 Å². The van der Waals surface area contributed by atoms with E-state index in [2.05, 4.69) is 6.08 Å². The van der Waals surface area contributed by atoms with Gasteiger partial charge in [-0.15, -0.1) is 0 Å². The van der Waals surface area contributed by atoms with Crippen LogP contribution >= 0.6 is 0 Å². The molecule has 0 spiro atoms. The van der Waals surface area contributed by atoms with E-state index < -0.39 is 12.7 Å². The Morgan fingerprint density at radius 1 is 1.17 bits per heavy atom. The molecule has 1 aromatic heterocycles. The first kappa shape index (κ1) is 21.4. The lowest BCUT2D eigenvalue weighted by Crippen LogP contribution is -2.45. The quantitative estimate of drug-likeness (QED) is 0.689. The average Bonchev–Trinajstić information content (AvgIpc) is 3.02. The third-order valence-electron chi connectivity index (χ3n) is 6.64. The van der Waals surface area contributed by atoms with Crippen molar-refractivity contribution in [1.82, 2.24) is 9.88 Å². The molecule has 4 heterocycles. The number of hydrogen-bond acceptors (Lipinski definition) is 5. The molecule has 7 heteroatoms. The van der Waals surface area contributed by atoms with Crippen molar-refractivity contribution in [2.75, 3.05) is 0 Å². The zero-order chi connectivity index (χ0) is 21.9. The lowest BCUT2D eigenvalue weighted by molar-refractivity contribution is 0.00578. The summed E-state index contributed by atoms with van der Waals surface area (Å²) in [6.07, 6.45) is 6.59. The Bertz CT molecular complexity index is 841. The summed E-state index contributed by atoms with van der Waals surface area (Å²) in [5, 5.41) is 0. The highest BCUT2D eigenvalue weighted by atomic mass is 16.7. The van der Waals surface area contributed by atoms with Crippen LogP contribution in [0.25, 0.3) is 5.57 Å². The van der Waals surface area contributed by atoms with Crippen LogP contribution in [0.4, 0.5) is 4.79 Å². The van der Waals surface area contributed by atoms with Gasteiger partial charge < -0.3 is 14.0 Å². The number of aromatic nitrogens is 1. The molecule has 0 saturated carbocycles. The highest BCUT2D eigenvalue weighted by Gasteiger charge is 2.51. The third-order valence-corrected chi connectivity index (χ3v) is 6.64. The summed E-state index contributed by atoms with van der Waals surface area (Å²) in [4.78, 5) is 19.3. The van der Waals surface area contributed by atoms with Crippen molar-refractivity contribution < 1.29 is 18.8 Å². The molecule has 2 saturated heterocycles. The molecule has 3 aliphatic rings. The molecule has 1 aromatic rings. The molecular weight excluding hydrogens is 379 g/mol. The van der Waals surface area contributed by atoms with Gasteiger partial charge in [0.15, 0.2) is 0 Å². The van der Waals surface area contributed by atoms with Crippen LogP contribution in [0.2, 0.25) is 0 Å². The summed E-state index contributed by atoms with van der Waals surface area (Å²) in [6.45, 7) is 13.9. The number of carbonyl (C=O) groups is 1. The fourth-order valence-electron chi connectivity index (χ4n) is 4.33. The van der Waals surface area contributed by atoms with Crippen LogP contribution in [0.5, 0.6) is 0 Å². The molecule has 6 nitrogen and oxygen atoms in total. The predicted octanol–water partition coefficient (Wildman–Crippen LogP) is 3.94. The number of ether oxygens (including phenoxy) is 1. The zero-order valence-electron chi connectivity index (χ0n) is 19.2. The summed E-state index contributed by atoms with van der Waals surface area (Å²) in [6, 6.07) is 4.33. The number of carbonyl (C=O) groups excluding carboxylic acids is 1. The van der Waals surface area contributed by atoms with Gasteiger partial charge in [0.2, 0.25) is 0 Å². The van der Waals surface area contributed by atoms with Crippen LogP contribution in [0.15, 0.2) is 24.4 Å². The normalized spacial score (nSPS) is 27.2. The smallest absolute Gasteiger partial charge is 0.444 e. The van der Waals surface area contributed by atoms with Gasteiger partial charge in [0.1, 0.15) is 5.60 Å². The fourth-order valence-corrected chi connectivity index (χ4v) is 4.33. The van der Waals surface area contributed by atoms with Gasteiger partial charge in [-0.05, 0) is 79.4 Å². The van der Waals surface area contributed by atoms with Crippen LogP contribution in [0.1, 0.15) is 73.4 Å². The van der Waals surface area contributed by atoms with E-state index in [0.717, 1.165) is 30.4 Å². The van der Waals surface area contributed by atoms with Crippen molar-refractivity contribution in [3.8, 4) is 0 Å². The van der Waals surface area contributed by atoms with E-state index in [1.54, 1.807) is 0 Å². The van der Waals surface area contributed by atoms with Gasteiger partial charge >= 0.3 is 13.2 Å². The van der Waals surface area contributed by atoms with Crippen LogP contribution in [0.3, 0.4) is 0 Å². The minimum atomic E-state index is -0.481. The number of amides is 1. The van der Waals surface area contributed by atoms with E-state index in [1.165, 1.54) is 5.57 Å². The largest absolute Gasteiger partial charge is 0.496 e. The number of hydrogen-bond donors (Lipinski definition) is 0. The highest BCUT2D eigenvalue weighted by molar-refractivity contribution is 6.62. The Morgan fingerprint density at radius 3 is 2.37 bits per heavy atom. The van der Waals surface area contributed by atoms with Crippen LogP contribution < -0.4 is 5.46 Å². The van der Waals surface area contributed by atoms with Crippen molar-refractivity contribution in [3.05, 3.63) is 30.1 Å². The van der Waals surface area contributed by atoms with Crippen LogP contribution in [-0.4, -0.2) is 52.0 Å². The predicted molar refractivity (Wildman–Crippen MR) is 117 cm³/mol. The SMILES string of the molecule is CC(C)(C)OC(=O)N1C2C=C(c3ccc(B4OC(C)(C)C(C)(C)O4)cn3)CC1CC2. The summed E-state index contributed by atoms with van der Waals surface area (Å²) in [5.74, 6) is 0. The van der Waals surface area contributed by atoms with E-state index in [9.17, 15) is 4.79 Å². The topological polar surface area (TPSA) is 60.9 Å². The Kier molecular flexibility index (Phi) is 5.06. The maximum Gasteiger partial charge on any atom is 0.496 e. The number of fused-ring (bicyclic) bond motifs is 2. The third kappa shape index (κ3) is 3.90. The molecule has 2 unspecified atom stereocenters. The van der Waals surface area contributed by atoms with E-state index in [0.29, 0.717) is 0 Å². The van der Waals surface area contributed by atoms with Crippen molar-refractivity contribution >= 4 is 24.2 Å². The van der Waals surface area contributed by atoms with Crippen molar-refractivity contribution in [2.24, 2.45) is 0 Å². The molecule has 2 atom stereocenters. The molecule has 1 amide bonds. The minimum absolute atomic E-state index is 0.0816. The molecule has 3 aliphatic heterocycles. The van der Waals surface area contributed by atoms with Gasteiger partial charge in [-0.1, -0.05) is 12.1 Å². The fraction of sp³-hybridized carbons (Fsp3) is 0.652. The molecule has 162 valence electrons. The van der Waals surface area contributed by atoms with E-state index in [1.807, 2.05) is 71.7 Å². The summed E-state index contributed by atoms with van der Waals surface area (Å²) >= 11 is 0. The van der Waals surface area contributed by atoms with E-state index in [-0.39, 0.29) is 29.4 Å². The maximum absolute atomic E-state index is 12.6. The van der Waals surface area contributed by atoms with Crippen LogP contribution in [0, 0.1) is 0 Å². The standard InChI is InChI=1S/C23H33BN2O4/c1-21(2,3)28-20(27)26-17-9-10-18(26)13-15(12-17)19-11-8-16(14-25-19)24-29-22(4,5)23(6,7)30-24/h8,11-12,14,17-18H,9-10,13H2,1-7H3. The van der Waals surface area contributed by atoms with Crippen molar-refractivity contribution in [1.29, 1.82) is 0 Å². The average molecular weight is 412 g/mol. The summed E-state index contributed by atoms with van der Waals surface area (Å²) < 4.78 is 17.9. The Labute approximate surface area is 180 Å². The summed E-state index contributed by atoms with van der Waals surface area (Å²) in [5.41, 5.74) is 1.86. The van der Waals surface area contributed by atoms with Gasteiger partial charge in [-0.25, -0.2) is 4.79 Å². The molecule has 4 rings (SSSR count). The second-order valence-electron chi connectivity index (χ2n) is 10.6. The molecule has 30 heavy (non-hydrogen) atoms. The highest BCUT2D eigenvalue weighted by Crippen LogP contribution is 2.39. The minimum Gasteiger partial charge on any atom is -0.444 e. The Hall–Kier alpha value is -1.86. The zero-order valence-corrected chi connectivity index (χ0v) is 19.2. The van der Waals surface area contributed by atoms with E-state index >= 15 is 0 Å². The van der Waals surface area contributed by atoms with Gasteiger partial charge in [0.25, 0.3) is 0 Å². The first-order chi connectivity index (χ1) is 13.9. The lowest BCUT2D eigenvalue weighted by atomic mass is 9.80. The molecular formula is C23H33BN2O4. The molecule has 0 radical (unpaired) electrons. The molecule has 2 bridgehead atoms. The number of rotatable bonds is 2. The second kappa shape index (κ2) is 7.09. The van der Waals surface area contributed by atoms with Gasteiger partial charge in [0.05, 0.1) is 22.9 Å². The Morgan fingerprint density at radius 2 is 1.83 bits per heavy atom.